The van der Waals surface area contributed by atoms with E-state index in [9.17, 15) is 14.9 Å². The highest BCUT2D eigenvalue weighted by molar-refractivity contribution is 5.71. The van der Waals surface area contributed by atoms with Crippen LogP contribution in [0.4, 0.5) is 10.5 Å². The Morgan fingerprint density at radius 2 is 1.88 bits per heavy atom. The number of non-ortho nitro benzene ring substituents is 1. The van der Waals surface area contributed by atoms with Gasteiger partial charge < -0.3 is 10.1 Å². The van der Waals surface area contributed by atoms with Crippen LogP contribution in [-0.2, 0) is 4.74 Å². The number of nitrogens with zero attached hydrogens (tertiary/aromatic N) is 2. The molecule has 25 heavy (non-hydrogen) atoms. The van der Waals surface area contributed by atoms with Crippen molar-refractivity contribution in [1.82, 2.24) is 10.3 Å². The van der Waals surface area contributed by atoms with Gasteiger partial charge in [0.25, 0.3) is 5.69 Å². The summed E-state index contributed by atoms with van der Waals surface area (Å²) in [5, 5.41) is 13.8. The Kier molecular flexibility index (Phi) is 5.36. The summed E-state index contributed by atoms with van der Waals surface area (Å²) in [4.78, 5) is 26.6. The van der Waals surface area contributed by atoms with E-state index in [4.69, 9.17) is 4.74 Å². The molecule has 1 unspecified atom stereocenters. The first-order chi connectivity index (χ1) is 11.7. The van der Waals surface area contributed by atoms with Crippen LogP contribution in [0.25, 0.3) is 11.1 Å². The lowest BCUT2D eigenvalue weighted by molar-refractivity contribution is -0.385. The molecule has 1 heterocycles. The van der Waals surface area contributed by atoms with Crippen LogP contribution in [-0.4, -0.2) is 21.5 Å². The lowest BCUT2D eigenvalue weighted by atomic mass is 9.97. The predicted octanol–water partition coefficient (Wildman–Crippen LogP) is 4.24. The predicted molar refractivity (Wildman–Crippen MR) is 94.1 cm³/mol. The van der Waals surface area contributed by atoms with Crippen molar-refractivity contribution in [3.8, 4) is 11.1 Å². The summed E-state index contributed by atoms with van der Waals surface area (Å²) < 4.78 is 5.42. The van der Waals surface area contributed by atoms with Crippen molar-refractivity contribution in [2.24, 2.45) is 0 Å². The van der Waals surface area contributed by atoms with Crippen LogP contribution in [0.3, 0.4) is 0 Å². The number of nitro groups is 1. The fourth-order valence-corrected chi connectivity index (χ4v) is 2.35. The molecule has 0 saturated carbocycles. The van der Waals surface area contributed by atoms with E-state index in [-0.39, 0.29) is 5.69 Å². The molecule has 0 fully saturated rings. The fourth-order valence-electron chi connectivity index (χ4n) is 2.35. The van der Waals surface area contributed by atoms with Crippen LogP contribution >= 0.6 is 0 Å². The number of benzene rings is 1. The van der Waals surface area contributed by atoms with Gasteiger partial charge in [-0.1, -0.05) is 0 Å². The maximum absolute atomic E-state index is 12.0. The monoisotopic (exact) mass is 343 g/mol. The Morgan fingerprint density at radius 1 is 1.24 bits per heavy atom. The number of hydrogen-bond acceptors (Lipinski definition) is 5. The number of pyridine rings is 1. The highest BCUT2D eigenvalue weighted by Gasteiger charge is 2.22. The second-order valence-electron chi connectivity index (χ2n) is 6.69. The number of hydrogen-bond donors (Lipinski definition) is 1. The molecule has 2 rings (SSSR count). The van der Waals surface area contributed by atoms with E-state index in [0.29, 0.717) is 5.56 Å². The summed E-state index contributed by atoms with van der Waals surface area (Å²) in [7, 11) is 0. The minimum absolute atomic E-state index is 0.0560. The first-order valence-electron chi connectivity index (χ1n) is 7.85. The van der Waals surface area contributed by atoms with E-state index < -0.39 is 22.7 Å². The van der Waals surface area contributed by atoms with Gasteiger partial charge in [0.1, 0.15) is 6.10 Å². The molecule has 0 aliphatic heterocycles. The van der Waals surface area contributed by atoms with Crippen LogP contribution in [0.5, 0.6) is 0 Å². The quantitative estimate of drug-likeness (QED) is 0.662. The van der Waals surface area contributed by atoms with Crippen LogP contribution in [0.1, 0.15) is 39.4 Å². The third-order valence-corrected chi connectivity index (χ3v) is 3.44. The summed E-state index contributed by atoms with van der Waals surface area (Å²) in [6.45, 7) is 7.21. The van der Waals surface area contributed by atoms with E-state index in [1.54, 1.807) is 37.5 Å². The average Bonchev–Trinajstić information content (AvgIpc) is 2.53. The molecule has 1 N–H and O–H groups in total. The second-order valence-corrected chi connectivity index (χ2v) is 6.69. The van der Waals surface area contributed by atoms with Gasteiger partial charge in [-0.3, -0.25) is 15.1 Å². The van der Waals surface area contributed by atoms with Crippen molar-refractivity contribution in [2.75, 3.05) is 0 Å². The van der Waals surface area contributed by atoms with Crippen molar-refractivity contribution in [3.05, 3.63) is 58.4 Å². The van der Waals surface area contributed by atoms with E-state index in [1.807, 2.05) is 20.8 Å². The Hall–Kier alpha value is -2.96. The second kappa shape index (κ2) is 7.29. The number of alkyl carbamates (subject to hydrolysis) is 1. The molecule has 0 aliphatic rings. The molecule has 7 heteroatoms. The van der Waals surface area contributed by atoms with Crippen molar-refractivity contribution < 1.29 is 14.5 Å². The molecule has 0 aliphatic carbocycles. The maximum atomic E-state index is 12.0. The highest BCUT2D eigenvalue weighted by Crippen LogP contribution is 2.33. The van der Waals surface area contributed by atoms with E-state index in [0.717, 1.165) is 11.1 Å². The van der Waals surface area contributed by atoms with E-state index in [1.165, 1.54) is 12.1 Å². The molecule has 1 atom stereocenters. The molecule has 7 nitrogen and oxygen atoms in total. The summed E-state index contributed by atoms with van der Waals surface area (Å²) >= 11 is 0. The van der Waals surface area contributed by atoms with E-state index in [2.05, 4.69) is 10.3 Å². The first-order valence-corrected chi connectivity index (χ1v) is 7.85. The molecule has 132 valence electrons. The molecular formula is C18H21N3O4. The van der Waals surface area contributed by atoms with Crippen molar-refractivity contribution in [3.63, 3.8) is 0 Å². The zero-order valence-corrected chi connectivity index (χ0v) is 14.6. The van der Waals surface area contributed by atoms with Gasteiger partial charge >= 0.3 is 6.09 Å². The molecule has 0 radical (unpaired) electrons. The zero-order chi connectivity index (χ0) is 18.6. The largest absolute Gasteiger partial charge is 0.442 e. The van der Waals surface area contributed by atoms with Gasteiger partial charge in [-0.15, -0.1) is 0 Å². The maximum Gasteiger partial charge on any atom is 0.408 e. The molecule has 1 aromatic heterocycles. The third kappa shape index (κ3) is 5.00. The standard InChI is InChI=1S/C18H21N3O4/c1-12(25-17(22)20-18(2,3)4)16-11-14(21(23)24)5-6-15(16)13-7-9-19-10-8-13/h5-12H,1-4H3,(H,20,22). The Balaban J connectivity index is 2.37. The van der Waals surface area contributed by atoms with Gasteiger partial charge in [-0.05, 0) is 57.0 Å². The summed E-state index contributed by atoms with van der Waals surface area (Å²) in [6, 6.07) is 8.12. The summed E-state index contributed by atoms with van der Waals surface area (Å²) in [6.07, 6.45) is 2.04. The van der Waals surface area contributed by atoms with Crippen molar-refractivity contribution >= 4 is 11.8 Å². The van der Waals surface area contributed by atoms with Gasteiger partial charge in [0.05, 0.1) is 4.92 Å². The zero-order valence-electron chi connectivity index (χ0n) is 14.6. The fraction of sp³-hybridized carbons (Fsp3) is 0.333. The average molecular weight is 343 g/mol. The molecule has 1 amide bonds. The molecular weight excluding hydrogens is 322 g/mol. The molecule has 0 saturated heterocycles. The van der Waals surface area contributed by atoms with Crippen LogP contribution in [0, 0.1) is 10.1 Å². The Morgan fingerprint density at radius 3 is 2.44 bits per heavy atom. The van der Waals surface area contributed by atoms with Crippen molar-refractivity contribution in [1.29, 1.82) is 0 Å². The smallest absolute Gasteiger partial charge is 0.408 e. The lowest BCUT2D eigenvalue weighted by Gasteiger charge is -2.23. The van der Waals surface area contributed by atoms with Gasteiger partial charge in [-0.2, -0.15) is 0 Å². The van der Waals surface area contributed by atoms with Crippen LogP contribution in [0.15, 0.2) is 42.7 Å². The molecule has 0 spiro atoms. The normalized spacial score (nSPS) is 12.3. The number of amides is 1. The van der Waals surface area contributed by atoms with Gasteiger partial charge in [0.2, 0.25) is 0 Å². The topological polar surface area (TPSA) is 94.4 Å². The Bertz CT molecular complexity index is 770. The highest BCUT2D eigenvalue weighted by atomic mass is 16.6. The van der Waals surface area contributed by atoms with Crippen LogP contribution in [0.2, 0.25) is 0 Å². The molecule has 0 bridgehead atoms. The van der Waals surface area contributed by atoms with Gasteiger partial charge in [0, 0.05) is 35.6 Å². The lowest BCUT2D eigenvalue weighted by Crippen LogP contribution is -2.41. The first kappa shape index (κ1) is 18.4. The number of nitrogens with one attached hydrogen (secondary N) is 1. The number of aromatic nitrogens is 1. The van der Waals surface area contributed by atoms with Gasteiger partial charge in [0.15, 0.2) is 0 Å². The van der Waals surface area contributed by atoms with E-state index >= 15 is 0 Å². The number of ether oxygens (including phenoxy) is 1. The third-order valence-electron chi connectivity index (χ3n) is 3.44. The minimum Gasteiger partial charge on any atom is -0.442 e. The summed E-state index contributed by atoms with van der Waals surface area (Å²) in [5.74, 6) is 0. The molecule has 2 aromatic rings. The Labute approximate surface area is 146 Å². The van der Waals surface area contributed by atoms with Gasteiger partial charge in [-0.25, -0.2) is 4.79 Å². The number of carbonyl (C=O) groups is 1. The SMILES string of the molecule is CC(OC(=O)NC(C)(C)C)c1cc([N+](=O)[O-])ccc1-c1ccncc1. The number of rotatable bonds is 4. The molecule has 1 aromatic carbocycles. The number of nitro benzene ring substituents is 1. The minimum atomic E-state index is -0.662. The summed E-state index contributed by atoms with van der Waals surface area (Å²) in [5.41, 5.74) is 1.66. The van der Waals surface area contributed by atoms with Crippen LogP contribution < -0.4 is 5.32 Å². The number of carbonyl (C=O) groups excluding carboxylic acids is 1. The van der Waals surface area contributed by atoms with Crippen molar-refractivity contribution in [2.45, 2.75) is 39.3 Å².